The van der Waals surface area contributed by atoms with Gasteiger partial charge < -0.3 is 14.4 Å². The Bertz CT molecular complexity index is 676. The minimum atomic E-state index is -0.512. The van der Waals surface area contributed by atoms with E-state index in [9.17, 15) is 14.4 Å². The van der Waals surface area contributed by atoms with Crippen LogP contribution in [0.25, 0.3) is 0 Å². The monoisotopic (exact) mass is 369 g/mol. The number of hydrogen-bond acceptors (Lipinski definition) is 6. The highest BCUT2D eigenvalue weighted by molar-refractivity contribution is 8.04. The van der Waals surface area contributed by atoms with Gasteiger partial charge in [0.05, 0.1) is 41.2 Å². The lowest BCUT2D eigenvalue weighted by atomic mass is 10.2. The van der Waals surface area contributed by atoms with Crippen LogP contribution in [0, 0.1) is 0 Å². The smallest absolute Gasteiger partial charge is 0.339 e. The van der Waals surface area contributed by atoms with Crippen LogP contribution in [0.1, 0.15) is 16.8 Å². The number of nitrogens with zero attached hydrogens (tertiary/aromatic N) is 1. The van der Waals surface area contributed by atoms with E-state index in [1.54, 1.807) is 24.3 Å². The molecule has 1 aromatic rings. The van der Waals surface area contributed by atoms with Gasteiger partial charge in [-0.3, -0.25) is 4.79 Å². The number of rotatable bonds is 6. The Morgan fingerprint density at radius 1 is 1.38 bits per heavy atom. The maximum absolute atomic E-state index is 11.9. The summed E-state index contributed by atoms with van der Waals surface area (Å²) in [7, 11) is 1.28. The van der Waals surface area contributed by atoms with Crippen LogP contribution in [0.2, 0.25) is 5.02 Å². The molecule has 0 unspecified atom stereocenters. The quantitative estimate of drug-likeness (QED) is 0.436. The zero-order valence-corrected chi connectivity index (χ0v) is 14.6. The average molecular weight is 370 g/mol. The number of carbonyl (C=O) groups is 3. The number of methoxy groups -OCH3 is 1. The summed E-state index contributed by atoms with van der Waals surface area (Å²) in [5.41, 5.74) is 0.304. The Morgan fingerprint density at radius 3 is 2.83 bits per heavy atom. The van der Waals surface area contributed by atoms with Crippen molar-refractivity contribution in [3.63, 3.8) is 0 Å². The van der Waals surface area contributed by atoms with Crippen LogP contribution in [-0.2, 0) is 19.1 Å². The lowest BCUT2D eigenvalue weighted by Crippen LogP contribution is -2.27. The van der Waals surface area contributed by atoms with Crippen molar-refractivity contribution in [3.05, 3.63) is 46.0 Å². The summed E-state index contributed by atoms with van der Waals surface area (Å²) in [6, 6.07) is 6.63. The fourth-order valence-corrected chi connectivity index (χ4v) is 3.19. The molecule has 6 nitrogen and oxygen atoms in total. The number of ether oxygens (including phenoxy) is 2. The van der Waals surface area contributed by atoms with Crippen LogP contribution in [0.3, 0.4) is 0 Å². The molecule has 0 aliphatic carbocycles. The normalized spacial score (nSPS) is 15.7. The number of carbonyl (C=O) groups excluding carboxylic acids is 3. The average Bonchev–Trinajstić information content (AvgIpc) is 2.91. The minimum Gasteiger partial charge on any atom is -0.466 e. The predicted molar refractivity (Wildman–Crippen MR) is 90.6 cm³/mol. The second-order valence-corrected chi connectivity index (χ2v) is 6.21. The van der Waals surface area contributed by atoms with Crippen LogP contribution in [0.4, 0.5) is 0 Å². The van der Waals surface area contributed by atoms with E-state index in [0.29, 0.717) is 28.6 Å². The first-order chi connectivity index (χ1) is 11.5. The summed E-state index contributed by atoms with van der Waals surface area (Å²) in [6.07, 6.45) is 1.73. The SMILES string of the molecule is COC(=O)/C=C1/SCC(=O)N1CCCOC(=O)c1ccccc1Cl. The first kappa shape index (κ1) is 18.4. The molecule has 1 heterocycles. The molecular formula is C16H16ClNO5S. The first-order valence-electron chi connectivity index (χ1n) is 7.17. The molecule has 1 aliphatic rings. The molecule has 0 N–H and O–H groups in total. The molecule has 1 aromatic carbocycles. The van der Waals surface area contributed by atoms with E-state index in [0.717, 1.165) is 0 Å². The van der Waals surface area contributed by atoms with Gasteiger partial charge in [0.25, 0.3) is 0 Å². The van der Waals surface area contributed by atoms with Crippen LogP contribution in [0.5, 0.6) is 0 Å². The van der Waals surface area contributed by atoms with E-state index in [1.807, 2.05) is 0 Å². The second-order valence-electron chi connectivity index (χ2n) is 4.81. The molecule has 128 valence electrons. The Balaban J connectivity index is 1.84. The van der Waals surface area contributed by atoms with Gasteiger partial charge in [0.2, 0.25) is 5.91 Å². The molecule has 1 fully saturated rings. The molecule has 1 amide bonds. The third-order valence-corrected chi connectivity index (χ3v) is 4.56. The van der Waals surface area contributed by atoms with Gasteiger partial charge in [-0.1, -0.05) is 35.5 Å². The van der Waals surface area contributed by atoms with E-state index in [4.69, 9.17) is 16.3 Å². The zero-order valence-electron chi connectivity index (χ0n) is 13.0. The lowest BCUT2D eigenvalue weighted by molar-refractivity contribution is -0.134. The standard InChI is InChI=1S/C16H16ClNO5S/c1-22-15(20)9-14-18(13(19)10-24-14)7-4-8-23-16(21)11-5-2-3-6-12(11)17/h2-3,5-6,9H,4,7-8,10H2,1H3/b14-9+. The van der Waals surface area contributed by atoms with Gasteiger partial charge in [0.15, 0.2) is 0 Å². The van der Waals surface area contributed by atoms with Gasteiger partial charge in [-0.15, -0.1) is 0 Å². The predicted octanol–water partition coefficient (Wildman–Crippen LogP) is 2.48. The maximum atomic E-state index is 11.9. The maximum Gasteiger partial charge on any atom is 0.339 e. The van der Waals surface area contributed by atoms with Crippen molar-refractivity contribution in [3.8, 4) is 0 Å². The number of amides is 1. The third-order valence-electron chi connectivity index (χ3n) is 3.21. The zero-order chi connectivity index (χ0) is 17.5. The Kier molecular flexibility index (Phi) is 6.69. The van der Waals surface area contributed by atoms with E-state index in [2.05, 4.69) is 4.74 Å². The van der Waals surface area contributed by atoms with E-state index in [-0.39, 0.29) is 18.3 Å². The van der Waals surface area contributed by atoms with Crippen molar-refractivity contribution < 1.29 is 23.9 Å². The van der Waals surface area contributed by atoms with Crippen molar-refractivity contribution in [2.75, 3.05) is 26.0 Å². The van der Waals surface area contributed by atoms with E-state index < -0.39 is 11.9 Å². The summed E-state index contributed by atoms with van der Waals surface area (Å²) in [5, 5.41) is 0.876. The fraction of sp³-hybridized carbons (Fsp3) is 0.312. The minimum absolute atomic E-state index is 0.0902. The summed E-state index contributed by atoms with van der Waals surface area (Å²) < 4.78 is 9.73. The third kappa shape index (κ3) is 4.75. The van der Waals surface area contributed by atoms with Crippen molar-refractivity contribution in [1.82, 2.24) is 4.90 Å². The topological polar surface area (TPSA) is 72.9 Å². The Hall–Kier alpha value is -1.99. The lowest BCUT2D eigenvalue weighted by Gasteiger charge is -2.16. The van der Waals surface area contributed by atoms with Gasteiger partial charge in [-0.05, 0) is 18.6 Å². The van der Waals surface area contributed by atoms with Gasteiger partial charge >= 0.3 is 11.9 Å². The van der Waals surface area contributed by atoms with E-state index >= 15 is 0 Å². The Morgan fingerprint density at radius 2 is 2.12 bits per heavy atom. The van der Waals surface area contributed by atoms with E-state index in [1.165, 1.54) is 29.8 Å². The summed E-state index contributed by atoms with van der Waals surface area (Å²) in [4.78, 5) is 36.5. The van der Waals surface area contributed by atoms with Gasteiger partial charge in [-0.25, -0.2) is 9.59 Å². The first-order valence-corrected chi connectivity index (χ1v) is 8.53. The number of halogens is 1. The van der Waals surface area contributed by atoms with Crippen molar-refractivity contribution in [1.29, 1.82) is 0 Å². The van der Waals surface area contributed by atoms with Crippen LogP contribution in [-0.4, -0.2) is 48.8 Å². The summed E-state index contributed by atoms with van der Waals surface area (Å²) >= 11 is 7.21. The molecule has 24 heavy (non-hydrogen) atoms. The molecule has 0 aromatic heterocycles. The number of hydrogen-bond donors (Lipinski definition) is 0. The molecule has 2 rings (SSSR count). The fourth-order valence-electron chi connectivity index (χ4n) is 2.02. The highest BCUT2D eigenvalue weighted by atomic mass is 35.5. The van der Waals surface area contributed by atoms with Crippen molar-refractivity contribution in [2.45, 2.75) is 6.42 Å². The van der Waals surface area contributed by atoms with Gasteiger partial charge in [0, 0.05) is 6.54 Å². The number of thioether (sulfide) groups is 1. The molecule has 0 saturated carbocycles. The largest absolute Gasteiger partial charge is 0.466 e. The second kappa shape index (κ2) is 8.75. The molecule has 0 atom stereocenters. The number of esters is 2. The molecule has 0 bridgehead atoms. The molecule has 1 saturated heterocycles. The number of benzene rings is 1. The summed E-state index contributed by atoms with van der Waals surface area (Å²) in [6.45, 7) is 0.495. The molecule has 1 aliphatic heterocycles. The summed E-state index contributed by atoms with van der Waals surface area (Å²) in [5.74, 6) is -0.828. The highest BCUT2D eigenvalue weighted by Crippen LogP contribution is 2.28. The van der Waals surface area contributed by atoms with Gasteiger partial charge in [0.1, 0.15) is 0 Å². The molecule has 8 heteroatoms. The van der Waals surface area contributed by atoms with Crippen molar-refractivity contribution >= 4 is 41.2 Å². The van der Waals surface area contributed by atoms with Gasteiger partial charge in [-0.2, -0.15) is 0 Å². The Labute approximate surface area is 148 Å². The van der Waals surface area contributed by atoms with Crippen LogP contribution in [0.15, 0.2) is 35.4 Å². The van der Waals surface area contributed by atoms with Crippen molar-refractivity contribution in [2.24, 2.45) is 0 Å². The van der Waals surface area contributed by atoms with Crippen LogP contribution >= 0.6 is 23.4 Å². The van der Waals surface area contributed by atoms with Crippen LogP contribution < -0.4 is 0 Å². The molecule has 0 radical (unpaired) electrons. The highest BCUT2D eigenvalue weighted by Gasteiger charge is 2.27. The molecule has 0 spiro atoms. The molecular weight excluding hydrogens is 354 g/mol.